The molecule has 0 aromatic heterocycles. The molecular weight excluding hydrogens is 290 g/mol. The number of carbonyl (C=O) groups is 1. The highest BCUT2D eigenvalue weighted by Crippen LogP contribution is 2.37. The number of benzene rings is 1. The SMILES string of the molecule is CC[C@@H](NS(=O)(=O)c1cccc2c1N=S=N2)C(=O)O. The molecule has 0 saturated heterocycles. The van der Waals surface area contributed by atoms with Crippen molar-refractivity contribution in [2.45, 2.75) is 24.3 Å². The Morgan fingerprint density at radius 3 is 2.84 bits per heavy atom. The molecule has 0 spiro atoms. The van der Waals surface area contributed by atoms with Gasteiger partial charge in [0.15, 0.2) is 0 Å². The Balaban J connectivity index is 2.39. The van der Waals surface area contributed by atoms with Gasteiger partial charge in [-0.1, -0.05) is 13.0 Å². The number of sulfonamides is 1. The van der Waals surface area contributed by atoms with E-state index in [1.54, 1.807) is 19.1 Å². The smallest absolute Gasteiger partial charge is 0.321 e. The molecule has 2 N–H and O–H groups in total. The van der Waals surface area contributed by atoms with E-state index in [0.717, 1.165) is 11.4 Å². The van der Waals surface area contributed by atoms with Crippen molar-refractivity contribution in [1.29, 1.82) is 0 Å². The third kappa shape index (κ3) is 2.72. The maximum absolute atomic E-state index is 12.2. The predicted molar refractivity (Wildman–Crippen MR) is 70.0 cm³/mol. The summed E-state index contributed by atoms with van der Waals surface area (Å²) in [4.78, 5) is 10.8. The van der Waals surface area contributed by atoms with E-state index >= 15 is 0 Å². The van der Waals surface area contributed by atoms with Crippen molar-refractivity contribution in [3.8, 4) is 0 Å². The molecule has 0 radical (unpaired) electrons. The standard InChI is InChI=1S/C10H11N3O4S2/c1-2-6(10(14)15)13-19(16,17)8-5-3-4-7-9(8)12-18-11-7/h3-6,13H,2H2,1H3,(H,14,15)/t6-/m1/s1. The summed E-state index contributed by atoms with van der Waals surface area (Å²) in [5.41, 5.74) is 0.719. The second-order valence-electron chi connectivity index (χ2n) is 3.81. The van der Waals surface area contributed by atoms with Crippen LogP contribution in [-0.2, 0) is 26.2 Å². The molecule has 7 nitrogen and oxygen atoms in total. The maximum Gasteiger partial charge on any atom is 0.321 e. The van der Waals surface area contributed by atoms with Crippen LogP contribution in [0.1, 0.15) is 13.3 Å². The van der Waals surface area contributed by atoms with Gasteiger partial charge in [-0.15, -0.1) is 0 Å². The second-order valence-corrected chi connectivity index (χ2v) is 6.02. The molecule has 102 valence electrons. The molecule has 1 aromatic carbocycles. The Bertz CT molecular complexity index is 693. The molecule has 19 heavy (non-hydrogen) atoms. The molecular formula is C10H11N3O4S2. The molecule has 0 fully saturated rings. The Morgan fingerprint density at radius 2 is 2.21 bits per heavy atom. The summed E-state index contributed by atoms with van der Waals surface area (Å²) in [7, 11) is -3.94. The van der Waals surface area contributed by atoms with Crippen molar-refractivity contribution >= 4 is 38.7 Å². The van der Waals surface area contributed by atoms with Gasteiger partial charge in [-0.05, 0) is 18.6 Å². The van der Waals surface area contributed by atoms with E-state index < -0.39 is 22.0 Å². The fraction of sp³-hybridized carbons (Fsp3) is 0.300. The van der Waals surface area contributed by atoms with Crippen LogP contribution in [0.3, 0.4) is 0 Å². The van der Waals surface area contributed by atoms with Gasteiger partial charge in [-0.2, -0.15) is 13.4 Å². The summed E-state index contributed by atoms with van der Waals surface area (Å²) in [5, 5.41) is 8.90. The van der Waals surface area contributed by atoms with Crippen molar-refractivity contribution in [3.63, 3.8) is 0 Å². The molecule has 2 rings (SSSR count). The lowest BCUT2D eigenvalue weighted by Crippen LogP contribution is -2.40. The molecule has 0 aliphatic carbocycles. The Kier molecular flexibility index (Phi) is 3.78. The number of aliphatic carboxylic acids is 1. The minimum atomic E-state index is -3.94. The predicted octanol–water partition coefficient (Wildman–Crippen LogP) is 1.55. The molecule has 1 aliphatic heterocycles. The van der Waals surface area contributed by atoms with E-state index in [1.165, 1.54) is 6.07 Å². The Hall–Kier alpha value is -1.58. The van der Waals surface area contributed by atoms with Crippen molar-refractivity contribution < 1.29 is 18.3 Å². The van der Waals surface area contributed by atoms with Gasteiger partial charge in [0.25, 0.3) is 0 Å². The summed E-state index contributed by atoms with van der Waals surface area (Å²) < 4.78 is 34.4. The van der Waals surface area contributed by atoms with E-state index in [9.17, 15) is 13.2 Å². The van der Waals surface area contributed by atoms with Crippen LogP contribution in [0.2, 0.25) is 0 Å². The zero-order valence-corrected chi connectivity index (χ0v) is 11.5. The van der Waals surface area contributed by atoms with Gasteiger partial charge in [0.05, 0.1) is 11.4 Å². The van der Waals surface area contributed by atoms with E-state index in [-0.39, 0.29) is 17.0 Å². The van der Waals surface area contributed by atoms with Gasteiger partial charge < -0.3 is 5.11 Å². The van der Waals surface area contributed by atoms with E-state index in [2.05, 4.69) is 13.4 Å². The third-order valence-corrected chi connectivity index (χ3v) is 4.59. The lowest BCUT2D eigenvalue weighted by molar-refractivity contribution is -0.139. The average Bonchev–Trinajstić information content (AvgIpc) is 2.83. The quantitative estimate of drug-likeness (QED) is 0.873. The minimum Gasteiger partial charge on any atom is -0.480 e. The summed E-state index contributed by atoms with van der Waals surface area (Å²) in [5.74, 6) is -1.21. The summed E-state index contributed by atoms with van der Waals surface area (Å²) in [6.07, 6.45) is 0.153. The van der Waals surface area contributed by atoms with Crippen LogP contribution in [0.25, 0.3) is 0 Å². The Labute approximate surface area is 113 Å². The summed E-state index contributed by atoms with van der Waals surface area (Å²) in [6, 6.07) is 3.40. The first kappa shape index (κ1) is 13.8. The second kappa shape index (κ2) is 5.19. The third-order valence-electron chi connectivity index (χ3n) is 2.54. The van der Waals surface area contributed by atoms with Crippen molar-refractivity contribution in [1.82, 2.24) is 4.72 Å². The van der Waals surface area contributed by atoms with Crippen LogP contribution in [0, 0.1) is 0 Å². The lowest BCUT2D eigenvalue weighted by Gasteiger charge is -2.13. The normalized spacial score (nSPS) is 14.8. The van der Waals surface area contributed by atoms with E-state index in [1.807, 2.05) is 0 Å². The summed E-state index contributed by atoms with van der Waals surface area (Å²) >= 11 is 0.906. The van der Waals surface area contributed by atoms with Gasteiger partial charge in [0.2, 0.25) is 10.0 Å². The van der Waals surface area contributed by atoms with Gasteiger partial charge in [0, 0.05) is 0 Å². The number of carboxylic acid groups (broad SMARTS) is 1. The number of carboxylic acids is 1. The van der Waals surface area contributed by atoms with E-state index in [0.29, 0.717) is 5.69 Å². The van der Waals surface area contributed by atoms with Crippen molar-refractivity contribution in [2.24, 2.45) is 8.73 Å². The maximum atomic E-state index is 12.2. The van der Waals surface area contributed by atoms with E-state index in [4.69, 9.17) is 5.11 Å². The monoisotopic (exact) mass is 301 g/mol. The number of hydrogen-bond donors (Lipinski definition) is 2. The minimum absolute atomic E-state index is 0.0570. The highest BCUT2D eigenvalue weighted by atomic mass is 32.2. The summed E-state index contributed by atoms with van der Waals surface area (Å²) in [6.45, 7) is 1.59. The zero-order valence-electron chi connectivity index (χ0n) is 9.90. The van der Waals surface area contributed by atoms with Gasteiger partial charge in [-0.3, -0.25) is 4.79 Å². The number of rotatable bonds is 5. The largest absolute Gasteiger partial charge is 0.480 e. The number of fused-ring (bicyclic) bond motifs is 1. The Morgan fingerprint density at radius 1 is 1.47 bits per heavy atom. The van der Waals surface area contributed by atoms with Crippen LogP contribution in [0.15, 0.2) is 31.8 Å². The topological polar surface area (TPSA) is 108 Å². The molecule has 1 atom stereocenters. The molecule has 1 heterocycles. The highest BCUT2D eigenvalue weighted by Gasteiger charge is 2.27. The fourth-order valence-electron chi connectivity index (χ4n) is 1.56. The molecule has 1 aliphatic rings. The number of nitrogens with one attached hydrogen (secondary N) is 1. The van der Waals surface area contributed by atoms with Crippen LogP contribution in [-0.4, -0.2) is 25.5 Å². The molecule has 0 amide bonds. The average molecular weight is 301 g/mol. The molecule has 0 unspecified atom stereocenters. The van der Waals surface area contributed by atoms with Crippen LogP contribution >= 0.6 is 0 Å². The lowest BCUT2D eigenvalue weighted by atomic mass is 10.2. The van der Waals surface area contributed by atoms with Gasteiger partial charge >= 0.3 is 5.97 Å². The first-order valence-electron chi connectivity index (χ1n) is 5.42. The molecule has 1 aromatic rings. The van der Waals surface area contributed by atoms with Crippen molar-refractivity contribution in [2.75, 3.05) is 0 Å². The van der Waals surface area contributed by atoms with Crippen molar-refractivity contribution in [3.05, 3.63) is 18.2 Å². The number of nitrogens with zero attached hydrogens (tertiary/aromatic N) is 2. The fourth-order valence-corrected chi connectivity index (χ4v) is 3.60. The van der Waals surface area contributed by atoms with Gasteiger partial charge in [0.1, 0.15) is 22.3 Å². The van der Waals surface area contributed by atoms with Crippen LogP contribution < -0.4 is 4.72 Å². The highest BCUT2D eigenvalue weighted by molar-refractivity contribution is 7.89. The molecule has 0 bridgehead atoms. The number of hydrogen-bond acceptors (Lipinski definition) is 5. The molecule has 9 heteroatoms. The van der Waals surface area contributed by atoms with Crippen LogP contribution in [0.4, 0.5) is 11.4 Å². The van der Waals surface area contributed by atoms with Crippen LogP contribution in [0.5, 0.6) is 0 Å². The van der Waals surface area contributed by atoms with Gasteiger partial charge in [-0.25, -0.2) is 8.42 Å². The zero-order chi connectivity index (χ0) is 14.0. The first-order valence-corrected chi connectivity index (χ1v) is 7.63. The first-order chi connectivity index (χ1) is 8.95. The molecule has 0 saturated carbocycles.